The van der Waals surface area contributed by atoms with Crippen molar-refractivity contribution < 1.29 is 16.8 Å². The maximum absolute atomic E-state index is 12.4. The van der Waals surface area contributed by atoms with Crippen LogP contribution in [0.5, 0.6) is 0 Å². The standard InChI is InChI=1S/2C15H16N6O2S2/c1-15(9-25(22,23)20(2)14(16)18-15)12-7-10-11(24-12)8-21(19-10)13-5-3-4-6-17-13;1-15(9-25(22,23)20(2)14(16)19-15)12-7-10-11(24-12)8-18-21(10)13-5-3-4-6-17-13/h3-8H,9H2,1-2H3,(H2,16,18);3-8H,9H2,1-2H3,(H2,16,19)/t2*15-/m00/s1. The molecular formula is C30H32N12O4S4. The summed E-state index contributed by atoms with van der Waals surface area (Å²) in [6.07, 6.45) is 7.04. The van der Waals surface area contributed by atoms with Crippen LogP contribution in [0.15, 0.2) is 83.3 Å². The van der Waals surface area contributed by atoms with Gasteiger partial charge < -0.3 is 11.5 Å². The summed E-state index contributed by atoms with van der Waals surface area (Å²) in [5.74, 6) is 1.17. The molecule has 2 atom stereocenters. The van der Waals surface area contributed by atoms with Crippen molar-refractivity contribution in [2.24, 2.45) is 21.5 Å². The first kappa shape index (κ1) is 33.6. The van der Waals surface area contributed by atoms with Crippen LogP contribution in [0.2, 0.25) is 0 Å². The van der Waals surface area contributed by atoms with Crippen molar-refractivity contribution in [1.29, 1.82) is 0 Å². The number of rotatable bonds is 4. The van der Waals surface area contributed by atoms with E-state index in [4.69, 9.17) is 11.5 Å². The Kier molecular flexibility index (Phi) is 7.96. The third kappa shape index (κ3) is 5.86. The van der Waals surface area contributed by atoms with Gasteiger partial charge in [-0.05, 0) is 50.2 Å². The van der Waals surface area contributed by atoms with Gasteiger partial charge in [-0.1, -0.05) is 12.1 Å². The number of aromatic nitrogens is 6. The van der Waals surface area contributed by atoms with Crippen LogP contribution in [0.3, 0.4) is 0 Å². The Labute approximate surface area is 295 Å². The fraction of sp³-hybridized carbons (Fsp3) is 0.267. The van der Waals surface area contributed by atoms with Crippen LogP contribution in [0.4, 0.5) is 0 Å². The zero-order valence-corrected chi connectivity index (χ0v) is 30.5. The molecule has 0 saturated heterocycles. The minimum Gasteiger partial charge on any atom is -0.369 e. The van der Waals surface area contributed by atoms with Crippen molar-refractivity contribution in [3.63, 3.8) is 0 Å². The van der Waals surface area contributed by atoms with E-state index < -0.39 is 31.1 Å². The second kappa shape index (κ2) is 11.9. The molecular weight excluding hydrogens is 721 g/mol. The van der Waals surface area contributed by atoms with Crippen molar-refractivity contribution in [1.82, 2.24) is 38.1 Å². The molecule has 0 aliphatic carbocycles. The van der Waals surface area contributed by atoms with Crippen LogP contribution >= 0.6 is 22.7 Å². The van der Waals surface area contributed by atoms with Gasteiger partial charge in [0.1, 0.15) is 16.6 Å². The van der Waals surface area contributed by atoms with Gasteiger partial charge in [-0.15, -0.1) is 22.7 Å². The van der Waals surface area contributed by atoms with Crippen LogP contribution in [-0.2, 0) is 31.1 Å². The van der Waals surface area contributed by atoms with E-state index in [1.807, 2.05) is 54.7 Å². The van der Waals surface area contributed by atoms with E-state index in [9.17, 15) is 16.8 Å². The largest absolute Gasteiger partial charge is 0.369 e. The molecule has 50 heavy (non-hydrogen) atoms. The third-order valence-electron chi connectivity index (χ3n) is 8.40. The Morgan fingerprint density at radius 1 is 0.760 bits per heavy atom. The van der Waals surface area contributed by atoms with Gasteiger partial charge >= 0.3 is 0 Å². The molecule has 2 aliphatic rings. The van der Waals surface area contributed by atoms with E-state index in [1.165, 1.54) is 36.8 Å². The summed E-state index contributed by atoms with van der Waals surface area (Å²) >= 11 is 2.93. The fourth-order valence-corrected chi connectivity index (χ4v) is 10.9. The number of pyridine rings is 2. The second-order valence-electron chi connectivity index (χ2n) is 12.2. The van der Waals surface area contributed by atoms with Gasteiger partial charge in [0.15, 0.2) is 11.6 Å². The Balaban J connectivity index is 0.000000157. The van der Waals surface area contributed by atoms with Crippen LogP contribution in [-0.4, -0.2) is 92.5 Å². The Morgan fingerprint density at radius 3 is 1.82 bits per heavy atom. The summed E-state index contributed by atoms with van der Waals surface area (Å²) < 4.78 is 56.7. The van der Waals surface area contributed by atoms with Gasteiger partial charge in [0.25, 0.3) is 0 Å². The molecule has 20 heteroatoms. The maximum Gasteiger partial charge on any atom is 0.239 e. The van der Waals surface area contributed by atoms with Gasteiger partial charge in [-0.3, -0.25) is 0 Å². The van der Waals surface area contributed by atoms with E-state index >= 15 is 0 Å². The highest BCUT2D eigenvalue weighted by molar-refractivity contribution is 7.90. The molecule has 0 amide bonds. The molecule has 0 saturated carbocycles. The average molecular weight is 753 g/mol. The predicted molar refractivity (Wildman–Crippen MR) is 195 cm³/mol. The zero-order valence-electron chi connectivity index (χ0n) is 27.2. The van der Waals surface area contributed by atoms with E-state index in [-0.39, 0.29) is 23.4 Å². The molecule has 0 fully saturated rings. The zero-order chi connectivity index (χ0) is 35.6. The van der Waals surface area contributed by atoms with Crippen molar-refractivity contribution in [3.8, 4) is 11.6 Å². The highest BCUT2D eigenvalue weighted by Gasteiger charge is 2.42. The van der Waals surface area contributed by atoms with Gasteiger partial charge in [-0.2, -0.15) is 10.2 Å². The molecule has 16 nitrogen and oxygen atoms in total. The van der Waals surface area contributed by atoms with Gasteiger partial charge in [0.2, 0.25) is 32.0 Å². The monoisotopic (exact) mass is 752 g/mol. The smallest absolute Gasteiger partial charge is 0.239 e. The summed E-state index contributed by atoms with van der Waals surface area (Å²) in [4.78, 5) is 19.1. The maximum atomic E-state index is 12.4. The number of guanidine groups is 2. The van der Waals surface area contributed by atoms with E-state index in [1.54, 1.807) is 41.8 Å². The van der Waals surface area contributed by atoms with Crippen molar-refractivity contribution in [3.05, 3.63) is 83.1 Å². The first-order valence-corrected chi connectivity index (χ1v) is 19.9. The molecule has 0 spiro atoms. The summed E-state index contributed by atoms with van der Waals surface area (Å²) in [6, 6.07) is 15.0. The summed E-state index contributed by atoms with van der Waals surface area (Å²) in [7, 11) is -4.16. The van der Waals surface area contributed by atoms with Crippen molar-refractivity contribution in [2.45, 2.75) is 24.9 Å². The lowest BCUT2D eigenvalue weighted by Crippen LogP contribution is -2.50. The number of hydrogen-bond acceptors (Lipinski definition) is 14. The van der Waals surface area contributed by atoms with E-state index in [0.29, 0.717) is 5.82 Å². The van der Waals surface area contributed by atoms with Gasteiger partial charge in [-0.25, -0.2) is 54.8 Å². The Hall–Kier alpha value is -4.92. The Bertz CT molecular complexity index is 2490. The summed E-state index contributed by atoms with van der Waals surface area (Å²) in [5, 5.41) is 8.89. The van der Waals surface area contributed by atoms with Crippen LogP contribution in [0.25, 0.3) is 32.1 Å². The minimum absolute atomic E-state index is 0.00154. The minimum atomic E-state index is -3.50. The van der Waals surface area contributed by atoms with E-state index in [2.05, 4.69) is 30.2 Å². The number of nitrogens with zero attached hydrogens (tertiary/aromatic N) is 10. The first-order valence-electron chi connectivity index (χ1n) is 15.0. The predicted octanol–water partition coefficient (Wildman–Crippen LogP) is 2.57. The third-order valence-corrected chi connectivity index (χ3v) is 14.9. The van der Waals surface area contributed by atoms with E-state index in [0.717, 1.165) is 44.6 Å². The van der Waals surface area contributed by atoms with Crippen LogP contribution in [0.1, 0.15) is 23.6 Å². The van der Waals surface area contributed by atoms with Crippen LogP contribution in [0, 0.1) is 0 Å². The molecule has 260 valence electrons. The normalized spacial score (nSPS) is 23.0. The lowest BCUT2D eigenvalue weighted by atomic mass is 10.0. The molecule has 6 aromatic heterocycles. The Morgan fingerprint density at radius 2 is 1.30 bits per heavy atom. The van der Waals surface area contributed by atoms with Gasteiger partial charge in [0, 0.05) is 36.2 Å². The molecule has 2 aliphatic heterocycles. The molecule has 0 bridgehead atoms. The van der Waals surface area contributed by atoms with Crippen LogP contribution < -0.4 is 11.5 Å². The lowest BCUT2D eigenvalue weighted by molar-refractivity contribution is 0.480. The number of sulfonamides is 2. The number of aliphatic imine (C=N–C) groups is 2. The number of nitrogens with two attached hydrogens (primary N) is 2. The summed E-state index contributed by atoms with van der Waals surface area (Å²) in [5.41, 5.74) is 11.4. The number of hydrogen-bond donors (Lipinski definition) is 2. The highest BCUT2D eigenvalue weighted by Crippen LogP contribution is 2.40. The molecule has 4 N–H and O–H groups in total. The van der Waals surface area contributed by atoms with Crippen molar-refractivity contribution in [2.75, 3.05) is 25.6 Å². The highest BCUT2D eigenvalue weighted by atomic mass is 32.2. The summed E-state index contributed by atoms with van der Waals surface area (Å²) in [6.45, 7) is 3.57. The average Bonchev–Trinajstić information content (AvgIpc) is 3.84. The topological polar surface area (TPSA) is 213 Å². The SMILES string of the molecule is CN1C(N)=N[C@](C)(c2cc3c(cnn3-c3ccccn3)s2)CS1(=O)=O.CN1C(N)=N[C@](C)(c2cc3nn(-c4ccccn4)cc3s2)CS1(=O)=O. The molecule has 0 aromatic carbocycles. The molecule has 0 radical (unpaired) electrons. The van der Waals surface area contributed by atoms with Crippen molar-refractivity contribution >= 4 is 75.1 Å². The molecule has 6 aromatic rings. The lowest BCUT2D eigenvalue weighted by Gasteiger charge is -2.33. The fourth-order valence-electron chi connectivity index (χ4n) is 5.60. The first-order chi connectivity index (χ1) is 23.6. The second-order valence-corrected chi connectivity index (χ2v) is 18.3. The quantitative estimate of drug-likeness (QED) is 0.269. The molecule has 8 heterocycles. The molecule has 0 unspecified atom stereocenters. The number of thiophene rings is 2. The number of fused-ring (bicyclic) bond motifs is 2. The van der Waals surface area contributed by atoms with Gasteiger partial charge in [0.05, 0.1) is 38.8 Å². The molecule has 8 rings (SSSR count).